The third-order valence-electron chi connectivity index (χ3n) is 1.85. The number of quaternary nitrogens is 1. The van der Waals surface area contributed by atoms with Gasteiger partial charge in [-0.05, 0) is 4.57 Å². The average Bonchev–Trinajstić information content (AvgIpc) is 1.89. The maximum atomic E-state index is 10.6. The first-order valence-corrected chi connectivity index (χ1v) is 4.57. The molecule has 4 N–H and O–H groups in total. The van der Waals surface area contributed by atoms with Crippen molar-refractivity contribution in [1.29, 1.82) is 0 Å². The van der Waals surface area contributed by atoms with Crippen LogP contribution in [0.2, 0.25) is 0 Å². The highest BCUT2D eigenvalue weighted by Crippen LogP contribution is 2.38. The summed E-state index contributed by atoms with van der Waals surface area (Å²) >= 11 is 0. The van der Waals surface area contributed by atoms with Crippen LogP contribution in [0.25, 0.3) is 0 Å². The second-order valence-corrected chi connectivity index (χ2v) is 4.00. The van der Waals surface area contributed by atoms with Gasteiger partial charge < -0.3 is 10.4 Å². The fourth-order valence-corrected chi connectivity index (χ4v) is 1.77. The van der Waals surface area contributed by atoms with Crippen LogP contribution in [0.4, 0.5) is 0 Å². The first-order chi connectivity index (χ1) is 4.65. The van der Waals surface area contributed by atoms with E-state index in [1.54, 1.807) is 0 Å². The van der Waals surface area contributed by atoms with Crippen molar-refractivity contribution in [2.24, 2.45) is 0 Å². The Hall–Kier alpha value is -0.0200. The molecule has 1 atom stereocenters. The van der Waals surface area contributed by atoms with Crippen LogP contribution in [0.15, 0.2) is 0 Å². The zero-order valence-corrected chi connectivity index (χ0v) is 6.55. The van der Waals surface area contributed by atoms with E-state index in [4.69, 9.17) is 4.89 Å². The van der Waals surface area contributed by atoms with Crippen molar-refractivity contribution in [3.05, 3.63) is 0 Å². The SMILES string of the molecule is O=[P+](O)C1(O)CC[NH2+]CC1. The van der Waals surface area contributed by atoms with Crippen molar-refractivity contribution in [1.82, 2.24) is 0 Å². The third kappa shape index (κ3) is 1.52. The summed E-state index contributed by atoms with van der Waals surface area (Å²) in [6.07, 6.45) is 0.859. The highest BCUT2D eigenvalue weighted by atomic mass is 31.1. The molecule has 0 aromatic heterocycles. The predicted octanol–water partition coefficient (Wildman–Crippen LogP) is -1.23. The van der Waals surface area contributed by atoms with Gasteiger partial charge in [0.1, 0.15) is 0 Å². The molecule has 0 spiro atoms. The molecule has 1 saturated heterocycles. The van der Waals surface area contributed by atoms with Gasteiger partial charge in [0.25, 0.3) is 0 Å². The van der Waals surface area contributed by atoms with E-state index >= 15 is 0 Å². The highest BCUT2D eigenvalue weighted by molar-refractivity contribution is 7.39. The topological polar surface area (TPSA) is 74.1 Å². The van der Waals surface area contributed by atoms with Crippen LogP contribution in [0, 0.1) is 0 Å². The summed E-state index contributed by atoms with van der Waals surface area (Å²) in [5.74, 6) is 0. The van der Waals surface area contributed by atoms with Crippen LogP contribution < -0.4 is 5.32 Å². The summed E-state index contributed by atoms with van der Waals surface area (Å²) in [5.41, 5.74) is 0. The maximum absolute atomic E-state index is 10.6. The summed E-state index contributed by atoms with van der Waals surface area (Å²) in [7, 11) is -2.42. The molecule has 0 aromatic carbocycles. The van der Waals surface area contributed by atoms with E-state index < -0.39 is 13.4 Å². The number of hydrogen-bond acceptors (Lipinski definition) is 2. The largest absolute Gasteiger partial charge is 0.541 e. The standard InChI is InChI=1S/C5H10NO3P/c7-5(10(8)9)1-3-6-4-2-5/h6-7H,1-4H2/p+2. The Morgan fingerprint density at radius 3 is 2.20 bits per heavy atom. The van der Waals surface area contributed by atoms with Crippen LogP contribution in [-0.2, 0) is 4.57 Å². The molecular weight excluding hydrogens is 153 g/mol. The van der Waals surface area contributed by atoms with Gasteiger partial charge in [-0.3, -0.25) is 0 Å². The number of rotatable bonds is 1. The van der Waals surface area contributed by atoms with Gasteiger partial charge in [-0.15, -0.1) is 0 Å². The highest BCUT2D eigenvalue weighted by Gasteiger charge is 2.49. The van der Waals surface area contributed by atoms with E-state index in [-0.39, 0.29) is 0 Å². The van der Waals surface area contributed by atoms with Crippen molar-refractivity contribution in [2.45, 2.75) is 18.2 Å². The minimum atomic E-state index is -2.42. The normalized spacial score (nSPS) is 26.0. The van der Waals surface area contributed by atoms with E-state index in [1.807, 2.05) is 5.32 Å². The molecule has 58 valence electrons. The molecule has 5 heteroatoms. The molecule has 1 aliphatic rings. The van der Waals surface area contributed by atoms with E-state index in [0.29, 0.717) is 12.8 Å². The fraction of sp³-hybridized carbons (Fsp3) is 1.00. The van der Waals surface area contributed by atoms with Gasteiger partial charge in [0.15, 0.2) is 0 Å². The van der Waals surface area contributed by atoms with Crippen molar-refractivity contribution in [3.63, 3.8) is 0 Å². The maximum Gasteiger partial charge on any atom is 0.541 e. The number of aliphatic hydroxyl groups is 1. The van der Waals surface area contributed by atoms with Crippen molar-refractivity contribution < 1.29 is 19.9 Å². The van der Waals surface area contributed by atoms with Crippen molar-refractivity contribution in [3.8, 4) is 0 Å². The Morgan fingerprint density at radius 1 is 1.40 bits per heavy atom. The summed E-state index contributed by atoms with van der Waals surface area (Å²) in [5, 5.41) is 10.1. The monoisotopic (exact) mass is 165 g/mol. The fourth-order valence-electron chi connectivity index (χ4n) is 1.13. The molecule has 4 nitrogen and oxygen atoms in total. The van der Waals surface area contributed by atoms with Crippen LogP contribution in [0.3, 0.4) is 0 Å². The van der Waals surface area contributed by atoms with Crippen LogP contribution in [0.1, 0.15) is 12.8 Å². The van der Waals surface area contributed by atoms with E-state index in [0.717, 1.165) is 13.1 Å². The molecular formula is C5H12NO3P+2. The Morgan fingerprint density at radius 2 is 1.90 bits per heavy atom. The lowest BCUT2D eigenvalue weighted by molar-refractivity contribution is -0.666. The Bertz CT molecular complexity index is 144. The Labute approximate surface area is 60.1 Å². The lowest BCUT2D eigenvalue weighted by atomic mass is 10.1. The predicted molar refractivity (Wildman–Crippen MR) is 35.7 cm³/mol. The zero-order valence-electron chi connectivity index (χ0n) is 5.66. The van der Waals surface area contributed by atoms with Gasteiger partial charge in [0.05, 0.1) is 25.9 Å². The van der Waals surface area contributed by atoms with Crippen LogP contribution >= 0.6 is 8.03 Å². The number of nitrogens with two attached hydrogens (primary N) is 1. The molecule has 1 heterocycles. The molecule has 1 unspecified atom stereocenters. The summed E-state index contributed by atoms with van der Waals surface area (Å²) in [6.45, 7) is 1.50. The lowest BCUT2D eigenvalue weighted by Gasteiger charge is -2.18. The second-order valence-electron chi connectivity index (χ2n) is 2.62. The quantitative estimate of drug-likeness (QED) is 0.426. The second kappa shape index (κ2) is 2.93. The molecule has 1 aliphatic heterocycles. The first kappa shape index (κ1) is 8.08. The van der Waals surface area contributed by atoms with Gasteiger partial charge in [0, 0.05) is 0 Å². The summed E-state index contributed by atoms with van der Waals surface area (Å²) in [6, 6.07) is 0. The molecule has 0 amide bonds. The van der Waals surface area contributed by atoms with Gasteiger partial charge in [0.2, 0.25) is 0 Å². The van der Waals surface area contributed by atoms with Crippen molar-refractivity contribution >= 4 is 8.03 Å². The number of piperidine rings is 1. The molecule has 0 saturated carbocycles. The smallest absolute Gasteiger partial charge is 0.346 e. The average molecular weight is 165 g/mol. The van der Waals surface area contributed by atoms with Gasteiger partial charge >= 0.3 is 13.4 Å². The molecule has 0 aliphatic carbocycles. The number of hydrogen-bond donors (Lipinski definition) is 3. The molecule has 0 radical (unpaired) electrons. The Balaban J connectivity index is 2.56. The van der Waals surface area contributed by atoms with E-state index in [2.05, 4.69) is 0 Å². The van der Waals surface area contributed by atoms with E-state index in [1.165, 1.54) is 0 Å². The first-order valence-electron chi connectivity index (χ1n) is 3.35. The molecule has 10 heavy (non-hydrogen) atoms. The van der Waals surface area contributed by atoms with Crippen LogP contribution in [-0.4, -0.2) is 28.4 Å². The van der Waals surface area contributed by atoms with Crippen LogP contribution in [0.5, 0.6) is 0 Å². The third-order valence-corrected chi connectivity index (χ3v) is 3.01. The van der Waals surface area contributed by atoms with Gasteiger partial charge in [-0.25, -0.2) is 0 Å². The molecule has 0 bridgehead atoms. The van der Waals surface area contributed by atoms with Gasteiger partial charge in [-0.2, -0.15) is 4.89 Å². The Kier molecular flexibility index (Phi) is 2.36. The lowest BCUT2D eigenvalue weighted by Crippen LogP contribution is -2.87. The van der Waals surface area contributed by atoms with E-state index in [9.17, 15) is 9.67 Å². The minimum absolute atomic E-state index is 0.429. The van der Waals surface area contributed by atoms with Gasteiger partial charge in [-0.1, -0.05) is 0 Å². The molecule has 0 aromatic rings. The molecule has 1 rings (SSSR count). The molecule has 1 fully saturated rings. The summed E-state index contributed by atoms with van der Waals surface area (Å²) in [4.78, 5) is 8.68. The van der Waals surface area contributed by atoms with Crippen molar-refractivity contribution in [2.75, 3.05) is 13.1 Å². The summed E-state index contributed by atoms with van der Waals surface area (Å²) < 4.78 is 10.6. The minimum Gasteiger partial charge on any atom is -0.346 e. The zero-order chi connectivity index (χ0) is 7.61.